The van der Waals surface area contributed by atoms with Gasteiger partial charge in [-0.25, -0.2) is 4.99 Å². The number of furan rings is 1. The van der Waals surface area contributed by atoms with Crippen molar-refractivity contribution in [3.63, 3.8) is 0 Å². The van der Waals surface area contributed by atoms with Gasteiger partial charge < -0.3 is 14.3 Å². The first kappa shape index (κ1) is 29.2. The van der Waals surface area contributed by atoms with Crippen LogP contribution < -0.4 is 5.32 Å². The lowest BCUT2D eigenvalue weighted by molar-refractivity contribution is 0.664. The molecule has 3 aromatic heterocycles. The lowest BCUT2D eigenvalue weighted by Gasteiger charge is -2.26. The Balaban J connectivity index is 1.06. The number of hydrogen-bond acceptors (Lipinski definition) is 4. The third kappa shape index (κ3) is 4.20. The van der Waals surface area contributed by atoms with E-state index in [1.165, 1.54) is 53.5 Å². The molecule has 4 heterocycles. The summed E-state index contributed by atoms with van der Waals surface area (Å²) in [4.78, 5) is 6.53. The molecule has 0 fully saturated rings. The van der Waals surface area contributed by atoms with E-state index in [0.29, 0.717) is 5.92 Å². The van der Waals surface area contributed by atoms with Gasteiger partial charge in [0.25, 0.3) is 0 Å². The van der Waals surface area contributed by atoms with E-state index < -0.39 is 0 Å². The van der Waals surface area contributed by atoms with Gasteiger partial charge in [0.15, 0.2) is 5.58 Å². The third-order valence-corrected chi connectivity index (χ3v) is 12.6. The number of amidine groups is 1. The average molecular weight is 698 g/mol. The Morgan fingerprint density at radius 1 is 0.698 bits per heavy atom. The lowest BCUT2D eigenvalue weighted by atomic mass is 9.78. The Labute approximate surface area is 309 Å². The predicted octanol–water partition coefficient (Wildman–Crippen LogP) is 12.5. The number of nitrogens with one attached hydrogen (secondary N) is 1. The van der Waals surface area contributed by atoms with E-state index in [2.05, 4.69) is 174 Å². The highest BCUT2D eigenvalue weighted by molar-refractivity contribution is 7.19. The number of para-hydroxylation sites is 1. The number of aromatic nitrogens is 1. The molecule has 3 atom stereocenters. The van der Waals surface area contributed by atoms with Crippen LogP contribution in [0.3, 0.4) is 0 Å². The fraction of sp³-hybridized carbons (Fsp3) is 0.0625. The molecule has 0 amide bonds. The molecule has 3 unspecified atom stereocenters. The molecule has 1 aliphatic heterocycles. The van der Waals surface area contributed by atoms with Crippen molar-refractivity contribution in [3.05, 3.63) is 185 Å². The van der Waals surface area contributed by atoms with Crippen LogP contribution in [0.1, 0.15) is 39.2 Å². The normalized spacial score (nSPS) is 18.8. The summed E-state index contributed by atoms with van der Waals surface area (Å²) in [5.41, 5.74) is 9.85. The maximum atomic E-state index is 6.96. The van der Waals surface area contributed by atoms with Crippen LogP contribution in [0.2, 0.25) is 0 Å². The first-order valence-electron chi connectivity index (χ1n) is 18.3. The van der Waals surface area contributed by atoms with Gasteiger partial charge in [0.05, 0.1) is 33.5 Å². The van der Waals surface area contributed by atoms with Crippen molar-refractivity contribution in [1.82, 2.24) is 9.88 Å². The second-order valence-electron chi connectivity index (χ2n) is 14.3. The third-order valence-electron chi connectivity index (χ3n) is 11.4. The molecule has 0 saturated carbocycles. The molecule has 12 rings (SSSR count). The van der Waals surface area contributed by atoms with Gasteiger partial charge in [-0.2, -0.15) is 0 Å². The fourth-order valence-electron chi connectivity index (χ4n) is 9.01. The maximum Gasteiger partial charge on any atom is 0.159 e. The van der Waals surface area contributed by atoms with Crippen molar-refractivity contribution in [2.45, 2.75) is 12.0 Å². The molecule has 1 N–H and O–H groups in total. The fourth-order valence-corrected chi connectivity index (χ4v) is 10.2. The Morgan fingerprint density at radius 3 is 2.47 bits per heavy atom. The minimum absolute atomic E-state index is 0.000467. The van der Waals surface area contributed by atoms with Gasteiger partial charge in [-0.15, -0.1) is 11.3 Å². The zero-order valence-electron chi connectivity index (χ0n) is 28.5. The Bertz CT molecular complexity index is 3120. The predicted molar refractivity (Wildman–Crippen MR) is 221 cm³/mol. The molecule has 0 saturated heterocycles. The molecule has 0 radical (unpaired) electrons. The molecule has 250 valence electrons. The van der Waals surface area contributed by atoms with Gasteiger partial charge in [0, 0.05) is 43.6 Å². The Hall–Kier alpha value is -6.43. The molecule has 2 aliphatic carbocycles. The molecule has 3 aliphatic rings. The zero-order valence-corrected chi connectivity index (χ0v) is 29.3. The number of allylic oxidation sites excluding steroid dienone is 5. The van der Waals surface area contributed by atoms with Crippen LogP contribution in [0.4, 0.5) is 5.69 Å². The van der Waals surface area contributed by atoms with E-state index >= 15 is 0 Å². The first-order valence-corrected chi connectivity index (χ1v) is 19.1. The summed E-state index contributed by atoms with van der Waals surface area (Å²) in [6.07, 6.45) is 13.8. The number of rotatable bonds is 3. The molecule has 0 spiro atoms. The highest BCUT2D eigenvalue weighted by Gasteiger charge is 2.32. The number of benzene rings is 6. The first-order chi connectivity index (χ1) is 26.3. The summed E-state index contributed by atoms with van der Waals surface area (Å²) in [7, 11) is 0. The van der Waals surface area contributed by atoms with E-state index in [1.54, 1.807) is 0 Å². The summed E-state index contributed by atoms with van der Waals surface area (Å²) in [5, 5.41) is 11.1. The minimum Gasteiger partial charge on any atom is -0.454 e. The van der Waals surface area contributed by atoms with Crippen LogP contribution >= 0.6 is 11.3 Å². The molecule has 53 heavy (non-hydrogen) atoms. The topological polar surface area (TPSA) is 42.5 Å². The van der Waals surface area contributed by atoms with Crippen molar-refractivity contribution < 1.29 is 4.42 Å². The van der Waals surface area contributed by atoms with Crippen molar-refractivity contribution in [1.29, 1.82) is 0 Å². The number of nitrogens with zero attached hydrogens (tertiary/aromatic N) is 2. The molecule has 9 aromatic rings. The number of hydrogen-bond donors (Lipinski definition) is 1. The van der Waals surface area contributed by atoms with Crippen LogP contribution in [-0.2, 0) is 0 Å². The van der Waals surface area contributed by atoms with Gasteiger partial charge in [0.1, 0.15) is 11.4 Å². The molecule has 6 aromatic carbocycles. The van der Waals surface area contributed by atoms with Crippen molar-refractivity contribution in [2.24, 2.45) is 10.9 Å². The molecular formula is C48H31N3OS. The van der Waals surface area contributed by atoms with Gasteiger partial charge in [-0.05, 0) is 58.3 Å². The van der Waals surface area contributed by atoms with Crippen molar-refractivity contribution >= 4 is 82.6 Å². The van der Waals surface area contributed by atoms with Gasteiger partial charge in [-0.1, -0.05) is 127 Å². The smallest absolute Gasteiger partial charge is 0.159 e. The minimum atomic E-state index is 0.000467. The van der Waals surface area contributed by atoms with E-state index in [1.807, 2.05) is 11.3 Å². The zero-order chi connectivity index (χ0) is 34.6. The maximum absolute atomic E-state index is 6.96. The number of aliphatic imine (C=N–C) groups is 1. The standard InChI is InChI=1S/C48H31N3OS/c1-2-13-30(14-3-1)44-47-45(36-17-8-9-20-41(36)53-47)50-48(49-44)31-21-24-34-35-18-10-19-39(46(35)52-40(34)27-31)51-37-25-22-28-11-4-6-15-32(28)42(37)43-33-16-7-5-12-29(33)23-26-38(43)51/h1-28,32,44H,(H,49,50). The highest BCUT2D eigenvalue weighted by atomic mass is 32.1. The monoisotopic (exact) mass is 697 g/mol. The van der Waals surface area contributed by atoms with Gasteiger partial charge >= 0.3 is 0 Å². The lowest BCUT2D eigenvalue weighted by Crippen LogP contribution is -2.32. The summed E-state index contributed by atoms with van der Waals surface area (Å²) >= 11 is 1.82. The van der Waals surface area contributed by atoms with Gasteiger partial charge in [0.2, 0.25) is 0 Å². The van der Waals surface area contributed by atoms with Crippen LogP contribution in [-0.4, -0.2) is 10.4 Å². The second-order valence-corrected chi connectivity index (χ2v) is 15.4. The molecule has 0 bridgehead atoms. The summed E-state index contributed by atoms with van der Waals surface area (Å²) in [6, 6.07) is 45.7. The van der Waals surface area contributed by atoms with E-state index in [9.17, 15) is 0 Å². The van der Waals surface area contributed by atoms with E-state index in [0.717, 1.165) is 44.7 Å². The molecule has 5 heteroatoms. The Kier molecular flexibility index (Phi) is 6.08. The van der Waals surface area contributed by atoms with E-state index in [-0.39, 0.29) is 12.0 Å². The van der Waals surface area contributed by atoms with Gasteiger partial charge in [-0.3, -0.25) is 0 Å². The average Bonchev–Trinajstić information content (AvgIpc) is 3.90. The SMILES string of the molecule is C1=CC2C=Cc3c(c4c5ccccc5ccc4n3-c3cccc4c3oc3cc(C5=Nc6c(sc7ccccc67)C(c6ccccc6)N5)ccc34)C2C=C1. The largest absolute Gasteiger partial charge is 0.454 e. The number of thiophene rings is 1. The summed E-state index contributed by atoms with van der Waals surface area (Å²) < 4.78 is 10.6. The summed E-state index contributed by atoms with van der Waals surface area (Å²) in [5.74, 6) is 1.47. The Morgan fingerprint density at radius 2 is 1.53 bits per heavy atom. The highest BCUT2D eigenvalue weighted by Crippen LogP contribution is 2.49. The number of fused-ring (bicyclic) bond motifs is 13. The van der Waals surface area contributed by atoms with Crippen molar-refractivity contribution in [2.75, 3.05) is 0 Å². The summed E-state index contributed by atoms with van der Waals surface area (Å²) in [6.45, 7) is 0. The van der Waals surface area contributed by atoms with Crippen LogP contribution in [0, 0.1) is 5.92 Å². The van der Waals surface area contributed by atoms with Crippen LogP contribution in [0.15, 0.2) is 167 Å². The molecular weight excluding hydrogens is 667 g/mol. The van der Waals surface area contributed by atoms with E-state index in [4.69, 9.17) is 9.41 Å². The second kappa shape index (κ2) is 11.0. The molecule has 4 nitrogen and oxygen atoms in total. The van der Waals surface area contributed by atoms with Crippen LogP contribution in [0.5, 0.6) is 0 Å². The van der Waals surface area contributed by atoms with Crippen LogP contribution in [0.25, 0.3) is 65.5 Å². The van der Waals surface area contributed by atoms with Crippen molar-refractivity contribution in [3.8, 4) is 5.69 Å². The quantitative estimate of drug-likeness (QED) is 0.200.